The molecule has 5 heteroatoms. The van der Waals surface area contributed by atoms with Crippen molar-refractivity contribution in [3.05, 3.63) is 48.0 Å². The van der Waals surface area contributed by atoms with Crippen molar-refractivity contribution in [2.75, 3.05) is 6.61 Å². The summed E-state index contributed by atoms with van der Waals surface area (Å²) in [7, 11) is -2.20. The Labute approximate surface area is 171 Å². The monoisotopic (exact) mass is 404 g/mol. The lowest BCUT2D eigenvalue weighted by Gasteiger charge is -2.47. The van der Waals surface area contributed by atoms with E-state index < -0.39 is 19.9 Å². The second-order valence-corrected chi connectivity index (χ2v) is 14.1. The SMILES string of the molecule is C=C(C(=O)OCC(=O)c1ccccc1)C(C)(C)O[Si](C(C)C)(C(C)C)C(C)C. The third-order valence-electron chi connectivity index (χ3n) is 5.54. The second-order valence-electron chi connectivity index (χ2n) is 8.77. The molecule has 0 spiro atoms. The Bertz CT molecular complexity index is 668. The van der Waals surface area contributed by atoms with Gasteiger partial charge in [0.1, 0.15) is 0 Å². The molecule has 0 saturated carbocycles. The molecule has 0 aliphatic carbocycles. The van der Waals surface area contributed by atoms with Crippen molar-refractivity contribution in [1.82, 2.24) is 0 Å². The van der Waals surface area contributed by atoms with Gasteiger partial charge in [-0.15, -0.1) is 0 Å². The van der Waals surface area contributed by atoms with Crippen LogP contribution in [0.3, 0.4) is 0 Å². The summed E-state index contributed by atoms with van der Waals surface area (Å²) < 4.78 is 12.0. The van der Waals surface area contributed by atoms with E-state index in [0.29, 0.717) is 22.2 Å². The molecular formula is C23H36O4Si. The molecule has 0 radical (unpaired) electrons. The van der Waals surface area contributed by atoms with Crippen LogP contribution in [0.4, 0.5) is 0 Å². The molecule has 0 amide bonds. The molecule has 0 aliphatic rings. The van der Waals surface area contributed by atoms with E-state index in [1.165, 1.54) is 0 Å². The quantitative estimate of drug-likeness (QED) is 0.210. The van der Waals surface area contributed by atoms with E-state index in [2.05, 4.69) is 48.1 Å². The summed E-state index contributed by atoms with van der Waals surface area (Å²) in [6.07, 6.45) is 0. The summed E-state index contributed by atoms with van der Waals surface area (Å²) in [6.45, 7) is 20.6. The van der Waals surface area contributed by atoms with Gasteiger partial charge in [0.15, 0.2) is 12.4 Å². The molecule has 4 nitrogen and oxygen atoms in total. The number of carbonyl (C=O) groups excluding carboxylic acids is 2. The number of rotatable bonds is 10. The van der Waals surface area contributed by atoms with Gasteiger partial charge in [-0.3, -0.25) is 4.79 Å². The highest BCUT2D eigenvalue weighted by Crippen LogP contribution is 2.45. The topological polar surface area (TPSA) is 52.6 Å². The Hall–Kier alpha value is -1.72. The fourth-order valence-corrected chi connectivity index (χ4v) is 9.74. The summed E-state index contributed by atoms with van der Waals surface area (Å²) in [4.78, 5) is 24.8. The lowest BCUT2D eigenvalue weighted by Crippen LogP contribution is -2.54. The number of ether oxygens (including phenoxy) is 1. The van der Waals surface area contributed by atoms with Crippen LogP contribution in [0.2, 0.25) is 16.6 Å². The highest BCUT2D eigenvalue weighted by Gasteiger charge is 2.49. The highest BCUT2D eigenvalue weighted by molar-refractivity contribution is 6.77. The Morgan fingerprint density at radius 3 is 1.86 bits per heavy atom. The van der Waals surface area contributed by atoms with Crippen LogP contribution in [0.15, 0.2) is 42.5 Å². The molecular weight excluding hydrogens is 368 g/mol. The minimum atomic E-state index is -2.20. The number of ketones is 1. The third kappa shape index (κ3) is 5.42. The zero-order valence-corrected chi connectivity index (χ0v) is 19.7. The summed E-state index contributed by atoms with van der Waals surface area (Å²) in [6, 6.07) is 8.79. The molecule has 0 aliphatic heterocycles. The minimum Gasteiger partial charge on any atom is -0.454 e. The first-order chi connectivity index (χ1) is 12.9. The highest BCUT2D eigenvalue weighted by atomic mass is 28.4. The molecule has 1 aromatic rings. The van der Waals surface area contributed by atoms with Gasteiger partial charge in [0.05, 0.1) is 11.2 Å². The lowest BCUT2D eigenvalue weighted by atomic mass is 10.0. The molecule has 156 valence electrons. The number of hydrogen-bond donors (Lipinski definition) is 0. The smallest absolute Gasteiger partial charge is 0.336 e. The maximum atomic E-state index is 12.6. The molecule has 1 aromatic carbocycles. The lowest BCUT2D eigenvalue weighted by molar-refractivity contribution is -0.139. The summed E-state index contributed by atoms with van der Waals surface area (Å²) in [5.41, 5.74) is 1.05. The van der Waals surface area contributed by atoms with E-state index >= 15 is 0 Å². The van der Waals surface area contributed by atoms with Crippen molar-refractivity contribution in [1.29, 1.82) is 0 Å². The molecule has 0 heterocycles. The molecule has 0 bridgehead atoms. The predicted octanol–water partition coefficient (Wildman–Crippen LogP) is 5.94. The first-order valence-corrected chi connectivity index (χ1v) is 12.1. The Balaban J connectivity index is 2.90. The summed E-state index contributed by atoms with van der Waals surface area (Å²) in [5.74, 6) is -0.829. The average molecular weight is 405 g/mol. The number of hydrogen-bond acceptors (Lipinski definition) is 4. The second kappa shape index (κ2) is 9.66. The summed E-state index contributed by atoms with van der Waals surface area (Å²) >= 11 is 0. The Morgan fingerprint density at radius 1 is 0.964 bits per heavy atom. The van der Waals surface area contributed by atoms with Crippen molar-refractivity contribution in [3.8, 4) is 0 Å². The van der Waals surface area contributed by atoms with Gasteiger partial charge in [-0.25, -0.2) is 4.79 Å². The standard InChI is InChI=1S/C23H36O4Si/c1-16(2)28(17(3)4,18(5)6)27-23(8,9)19(7)22(25)26-15-21(24)20-13-11-10-12-14-20/h10-14,16-18H,7,15H2,1-6,8-9H3. The third-order valence-corrected chi connectivity index (χ3v) is 11.8. The number of esters is 1. The molecule has 28 heavy (non-hydrogen) atoms. The van der Waals surface area contributed by atoms with Gasteiger partial charge in [0.2, 0.25) is 8.32 Å². The van der Waals surface area contributed by atoms with Crippen LogP contribution in [0, 0.1) is 0 Å². The fraction of sp³-hybridized carbons (Fsp3) is 0.565. The van der Waals surface area contributed by atoms with Crippen LogP contribution < -0.4 is 0 Å². The zero-order chi connectivity index (χ0) is 21.7. The molecule has 1 rings (SSSR count). The molecule has 0 unspecified atom stereocenters. The van der Waals surface area contributed by atoms with Gasteiger partial charge in [0.25, 0.3) is 0 Å². The van der Waals surface area contributed by atoms with Crippen LogP contribution in [0.5, 0.6) is 0 Å². The van der Waals surface area contributed by atoms with E-state index in [1.807, 2.05) is 19.9 Å². The van der Waals surface area contributed by atoms with Crippen molar-refractivity contribution in [2.45, 2.75) is 77.6 Å². The molecule has 0 saturated heterocycles. The van der Waals surface area contributed by atoms with Gasteiger partial charge in [-0.2, -0.15) is 0 Å². The maximum absolute atomic E-state index is 12.6. The van der Waals surface area contributed by atoms with Gasteiger partial charge in [-0.05, 0) is 30.5 Å². The first-order valence-electron chi connectivity index (χ1n) is 10.0. The van der Waals surface area contributed by atoms with Crippen LogP contribution in [-0.2, 0) is 14.0 Å². The van der Waals surface area contributed by atoms with E-state index in [0.717, 1.165) is 0 Å². The number of Topliss-reactive ketones (excluding diaryl/α,β-unsaturated/α-hetero) is 1. The van der Waals surface area contributed by atoms with E-state index in [1.54, 1.807) is 24.3 Å². The Morgan fingerprint density at radius 2 is 1.43 bits per heavy atom. The predicted molar refractivity (Wildman–Crippen MR) is 117 cm³/mol. The normalized spacial score (nSPS) is 12.5. The number of carbonyl (C=O) groups is 2. The largest absolute Gasteiger partial charge is 0.454 e. The molecule has 0 fully saturated rings. The average Bonchev–Trinajstić information content (AvgIpc) is 2.63. The van der Waals surface area contributed by atoms with Gasteiger partial charge >= 0.3 is 5.97 Å². The van der Waals surface area contributed by atoms with E-state index in [-0.39, 0.29) is 18.0 Å². The zero-order valence-electron chi connectivity index (χ0n) is 18.7. The van der Waals surface area contributed by atoms with Gasteiger partial charge in [0, 0.05) is 5.56 Å². The number of benzene rings is 1. The van der Waals surface area contributed by atoms with Crippen molar-refractivity contribution in [2.24, 2.45) is 0 Å². The molecule has 0 N–H and O–H groups in total. The van der Waals surface area contributed by atoms with Gasteiger partial charge < -0.3 is 9.16 Å². The fourth-order valence-electron chi connectivity index (χ4n) is 4.03. The van der Waals surface area contributed by atoms with Crippen molar-refractivity contribution < 1.29 is 18.8 Å². The van der Waals surface area contributed by atoms with Crippen LogP contribution >= 0.6 is 0 Å². The van der Waals surface area contributed by atoms with E-state index in [4.69, 9.17) is 9.16 Å². The van der Waals surface area contributed by atoms with Crippen LogP contribution in [0.1, 0.15) is 65.7 Å². The Kier molecular flexibility index (Phi) is 8.39. The minimum absolute atomic E-state index is 0.240. The van der Waals surface area contributed by atoms with Gasteiger partial charge in [-0.1, -0.05) is 78.5 Å². The summed E-state index contributed by atoms with van der Waals surface area (Å²) in [5, 5.41) is 0. The van der Waals surface area contributed by atoms with Crippen LogP contribution in [0.25, 0.3) is 0 Å². The van der Waals surface area contributed by atoms with Crippen molar-refractivity contribution in [3.63, 3.8) is 0 Å². The van der Waals surface area contributed by atoms with Crippen LogP contribution in [-0.4, -0.2) is 32.3 Å². The molecule has 0 aromatic heterocycles. The maximum Gasteiger partial charge on any atom is 0.336 e. The first kappa shape index (κ1) is 24.3. The van der Waals surface area contributed by atoms with Crippen molar-refractivity contribution >= 4 is 20.1 Å². The van der Waals surface area contributed by atoms with E-state index in [9.17, 15) is 9.59 Å². The molecule has 0 atom stereocenters.